The summed E-state index contributed by atoms with van der Waals surface area (Å²) in [6, 6.07) is 2.04. The quantitative estimate of drug-likeness (QED) is 0.537. The second-order valence-corrected chi connectivity index (χ2v) is 9.97. The monoisotopic (exact) mass is 250 g/mol. The lowest BCUT2D eigenvalue weighted by Gasteiger charge is -2.47. The van der Waals surface area contributed by atoms with Crippen LogP contribution in [0.2, 0.25) is 18.1 Å². The Balaban J connectivity index is 5.54. The molecule has 0 aliphatic rings. The standard InChI is InChI=1S/C12H24F2OSi/c1-6-10(5)12(15,11(13)14)16(7-2,8-3)9-4/h6,10-11,15H,1,7-9H2,2-5H3. The largest absolute Gasteiger partial charge is 0.387 e. The maximum Gasteiger partial charge on any atom is 0.264 e. The third-order valence-electron chi connectivity index (χ3n) is 4.26. The van der Waals surface area contributed by atoms with Crippen molar-refractivity contribution < 1.29 is 13.9 Å². The summed E-state index contributed by atoms with van der Waals surface area (Å²) in [4.78, 5) is 0. The Morgan fingerprint density at radius 2 is 1.62 bits per heavy atom. The van der Waals surface area contributed by atoms with Crippen molar-refractivity contribution in [2.45, 2.75) is 57.5 Å². The first-order valence-electron chi connectivity index (χ1n) is 5.99. The lowest BCUT2D eigenvalue weighted by atomic mass is 10.1. The minimum Gasteiger partial charge on any atom is -0.387 e. The number of hydrogen-bond donors (Lipinski definition) is 1. The zero-order valence-corrected chi connectivity index (χ0v) is 11.8. The Morgan fingerprint density at radius 1 is 1.25 bits per heavy atom. The van der Waals surface area contributed by atoms with Crippen LogP contribution in [0.25, 0.3) is 0 Å². The van der Waals surface area contributed by atoms with Gasteiger partial charge in [-0.05, 0) is 0 Å². The molecule has 0 saturated heterocycles. The SMILES string of the molecule is C=CC(C)C(O)(C(F)F)[Si](CC)(CC)CC. The molecule has 0 aliphatic heterocycles. The first-order chi connectivity index (χ1) is 7.36. The minimum absolute atomic E-state index is 0.556. The van der Waals surface area contributed by atoms with Gasteiger partial charge in [0.05, 0.1) is 8.07 Å². The molecular weight excluding hydrogens is 226 g/mol. The molecule has 0 heterocycles. The molecule has 0 aromatic rings. The smallest absolute Gasteiger partial charge is 0.264 e. The van der Waals surface area contributed by atoms with Gasteiger partial charge in [-0.1, -0.05) is 51.9 Å². The molecule has 0 fully saturated rings. The van der Waals surface area contributed by atoms with Crippen molar-refractivity contribution >= 4 is 8.07 Å². The Morgan fingerprint density at radius 3 is 1.81 bits per heavy atom. The van der Waals surface area contributed by atoms with Crippen LogP contribution in [-0.4, -0.2) is 24.8 Å². The zero-order chi connectivity index (χ0) is 13.0. The fourth-order valence-corrected chi connectivity index (χ4v) is 7.44. The molecule has 0 aliphatic carbocycles. The van der Waals surface area contributed by atoms with Crippen molar-refractivity contribution in [2.75, 3.05) is 0 Å². The van der Waals surface area contributed by atoms with Crippen LogP contribution in [0.5, 0.6) is 0 Å². The molecule has 1 N–H and O–H groups in total. The summed E-state index contributed by atoms with van der Waals surface area (Å²) in [5.41, 5.74) is 0. The van der Waals surface area contributed by atoms with E-state index in [2.05, 4.69) is 6.58 Å². The second kappa shape index (κ2) is 5.91. The summed E-state index contributed by atoms with van der Waals surface area (Å²) >= 11 is 0. The highest BCUT2D eigenvalue weighted by Crippen LogP contribution is 2.41. The van der Waals surface area contributed by atoms with E-state index in [0.717, 1.165) is 0 Å². The van der Waals surface area contributed by atoms with Crippen molar-refractivity contribution in [1.29, 1.82) is 0 Å². The first-order valence-corrected chi connectivity index (χ1v) is 8.61. The highest BCUT2D eigenvalue weighted by molar-refractivity contribution is 6.82. The van der Waals surface area contributed by atoms with E-state index in [0.29, 0.717) is 18.1 Å². The van der Waals surface area contributed by atoms with Crippen molar-refractivity contribution in [2.24, 2.45) is 5.92 Å². The fourth-order valence-electron chi connectivity index (χ4n) is 2.69. The van der Waals surface area contributed by atoms with Gasteiger partial charge in [0.2, 0.25) is 0 Å². The molecule has 1 nitrogen and oxygen atoms in total. The molecule has 0 radical (unpaired) electrons. The van der Waals surface area contributed by atoms with Crippen LogP contribution in [0.4, 0.5) is 8.78 Å². The Bertz CT molecular complexity index is 221. The molecule has 4 heteroatoms. The van der Waals surface area contributed by atoms with Gasteiger partial charge in [0.15, 0.2) is 0 Å². The van der Waals surface area contributed by atoms with Gasteiger partial charge in [0.1, 0.15) is 5.22 Å². The molecular formula is C12H24F2OSi. The van der Waals surface area contributed by atoms with Gasteiger partial charge in [-0.3, -0.25) is 0 Å². The summed E-state index contributed by atoms with van der Waals surface area (Å²) in [5, 5.41) is 8.67. The lowest BCUT2D eigenvalue weighted by molar-refractivity contribution is -0.0674. The van der Waals surface area contributed by atoms with E-state index in [1.165, 1.54) is 6.08 Å². The Labute approximate surface area is 98.6 Å². The normalized spacial score (nSPS) is 18.2. The third-order valence-corrected chi connectivity index (χ3v) is 10.7. The van der Waals surface area contributed by atoms with E-state index in [-0.39, 0.29) is 0 Å². The second-order valence-electron chi connectivity index (χ2n) is 4.49. The van der Waals surface area contributed by atoms with Crippen LogP contribution in [0.3, 0.4) is 0 Å². The van der Waals surface area contributed by atoms with Crippen LogP contribution < -0.4 is 0 Å². The first kappa shape index (κ1) is 15.8. The fraction of sp³-hybridized carbons (Fsp3) is 0.833. The highest BCUT2D eigenvalue weighted by Gasteiger charge is 2.57. The van der Waals surface area contributed by atoms with Crippen LogP contribution in [-0.2, 0) is 0 Å². The maximum absolute atomic E-state index is 13.3. The van der Waals surface area contributed by atoms with E-state index in [1.807, 2.05) is 20.8 Å². The number of hydrogen-bond acceptors (Lipinski definition) is 1. The summed E-state index contributed by atoms with van der Waals surface area (Å²) in [7, 11) is -2.38. The molecule has 0 saturated carbocycles. The number of alkyl halides is 2. The number of aliphatic hydroxyl groups is 1. The zero-order valence-electron chi connectivity index (χ0n) is 10.8. The Hall–Kier alpha value is -0.223. The van der Waals surface area contributed by atoms with E-state index < -0.39 is 25.6 Å². The van der Waals surface area contributed by atoms with Crippen molar-refractivity contribution in [3.8, 4) is 0 Å². The van der Waals surface area contributed by atoms with E-state index >= 15 is 0 Å². The van der Waals surface area contributed by atoms with Crippen molar-refractivity contribution in [1.82, 2.24) is 0 Å². The van der Waals surface area contributed by atoms with Crippen LogP contribution in [0.15, 0.2) is 12.7 Å². The molecule has 2 atom stereocenters. The topological polar surface area (TPSA) is 20.2 Å². The molecule has 16 heavy (non-hydrogen) atoms. The van der Waals surface area contributed by atoms with E-state index in [9.17, 15) is 13.9 Å². The average Bonchev–Trinajstić information content (AvgIpc) is 2.30. The molecule has 0 aromatic carbocycles. The van der Waals surface area contributed by atoms with Gasteiger partial charge in [-0.2, -0.15) is 0 Å². The summed E-state index contributed by atoms with van der Waals surface area (Å²) in [5.74, 6) is -0.556. The summed E-state index contributed by atoms with van der Waals surface area (Å²) in [6.45, 7) is 11.0. The predicted molar refractivity (Wildman–Crippen MR) is 67.5 cm³/mol. The predicted octanol–water partition coefficient (Wildman–Crippen LogP) is 3.85. The number of halogens is 2. The van der Waals surface area contributed by atoms with Crippen molar-refractivity contribution in [3.63, 3.8) is 0 Å². The van der Waals surface area contributed by atoms with Gasteiger partial charge < -0.3 is 5.11 Å². The van der Waals surface area contributed by atoms with Crippen LogP contribution >= 0.6 is 0 Å². The molecule has 0 amide bonds. The van der Waals surface area contributed by atoms with Gasteiger partial charge in [-0.15, -0.1) is 6.58 Å². The molecule has 2 unspecified atom stereocenters. The van der Waals surface area contributed by atoms with Gasteiger partial charge >= 0.3 is 0 Å². The highest BCUT2D eigenvalue weighted by atomic mass is 28.3. The molecule has 96 valence electrons. The molecule has 0 aromatic heterocycles. The molecule has 0 bridgehead atoms. The number of rotatable bonds is 7. The summed E-state index contributed by atoms with van der Waals surface area (Å²) < 4.78 is 26.6. The van der Waals surface area contributed by atoms with Gasteiger partial charge in [-0.25, -0.2) is 8.78 Å². The summed E-state index contributed by atoms with van der Waals surface area (Å²) in [6.07, 6.45) is -1.23. The third kappa shape index (κ3) is 2.23. The van der Waals surface area contributed by atoms with Gasteiger partial charge in [0.25, 0.3) is 6.43 Å². The van der Waals surface area contributed by atoms with Crippen LogP contribution in [0.1, 0.15) is 27.7 Å². The van der Waals surface area contributed by atoms with E-state index in [1.54, 1.807) is 6.92 Å². The molecule has 0 rings (SSSR count). The van der Waals surface area contributed by atoms with Crippen LogP contribution in [0, 0.1) is 5.92 Å². The molecule has 0 spiro atoms. The lowest BCUT2D eigenvalue weighted by Crippen LogP contribution is -2.65. The van der Waals surface area contributed by atoms with E-state index in [4.69, 9.17) is 0 Å². The minimum atomic E-state index is -2.69. The maximum atomic E-state index is 13.3. The van der Waals surface area contributed by atoms with Gasteiger partial charge in [0, 0.05) is 5.92 Å². The van der Waals surface area contributed by atoms with Crippen molar-refractivity contribution in [3.05, 3.63) is 12.7 Å². The average molecular weight is 250 g/mol. The Kier molecular flexibility index (Phi) is 5.83.